The molecule has 232 valence electrons. The molecule has 1 aliphatic rings. The van der Waals surface area contributed by atoms with Gasteiger partial charge in [-0.1, -0.05) is 56.3 Å². The zero-order valence-electron chi connectivity index (χ0n) is 24.2. The molecule has 0 aromatic heterocycles. The van der Waals surface area contributed by atoms with E-state index in [1.807, 2.05) is 0 Å². The molecule has 4 nitrogen and oxygen atoms in total. The third-order valence-corrected chi connectivity index (χ3v) is 7.99. The van der Waals surface area contributed by atoms with Crippen molar-refractivity contribution in [2.45, 2.75) is 76.4 Å². The van der Waals surface area contributed by atoms with Gasteiger partial charge in [-0.05, 0) is 83.7 Å². The summed E-state index contributed by atoms with van der Waals surface area (Å²) < 4.78 is 93.8. The molecule has 3 atom stereocenters. The zero-order valence-corrected chi connectivity index (χ0v) is 24.2. The lowest BCUT2D eigenvalue weighted by atomic mass is 9.79. The summed E-state index contributed by atoms with van der Waals surface area (Å²) >= 11 is 0. The first-order chi connectivity index (χ1) is 20.2. The number of nitrogens with zero attached hydrogens (tertiary/aromatic N) is 1. The topological polar surface area (TPSA) is 49.8 Å². The van der Waals surface area contributed by atoms with Crippen LogP contribution in [-0.4, -0.2) is 35.3 Å². The molecule has 1 aliphatic heterocycles. The monoisotopic (exact) mass is 607 g/mol. The third kappa shape index (κ3) is 7.52. The fourth-order valence-electron chi connectivity index (χ4n) is 6.08. The van der Waals surface area contributed by atoms with Crippen molar-refractivity contribution in [2.24, 2.45) is 5.92 Å². The molecular weight excluding hydrogens is 572 g/mol. The molecule has 1 fully saturated rings. The molecule has 4 rings (SSSR count). The van der Waals surface area contributed by atoms with Crippen molar-refractivity contribution < 1.29 is 41.0 Å². The van der Waals surface area contributed by atoms with Crippen LogP contribution in [0.15, 0.2) is 66.7 Å². The number of carboxylic acid groups (broad SMARTS) is 1. The summed E-state index contributed by atoms with van der Waals surface area (Å²) in [7, 11) is 1.45. The van der Waals surface area contributed by atoms with E-state index in [1.165, 1.54) is 19.2 Å². The Hall–Kier alpha value is -3.53. The van der Waals surface area contributed by atoms with Crippen molar-refractivity contribution in [3.63, 3.8) is 0 Å². The van der Waals surface area contributed by atoms with Crippen LogP contribution in [-0.2, 0) is 17.5 Å². The van der Waals surface area contributed by atoms with Crippen LogP contribution in [0.4, 0.5) is 26.3 Å². The van der Waals surface area contributed by atoms with Crippen LogP contribution in [0.3, 0.4) is 0 Å². The minimum atomic E-state index is -5.01. The van der Waals surface area contributed by atoms with Crippen molar-refractivity contribution in [1.29, 1.82) is 0 Å². The van der Waals surface area contributed by atoms with Gasteiger partial charge in [0.05, 0.1) is 18.6 Å². The van der Waals surface area contributed by atoms with Crippen molar-refractivity contribution in [3.8, 4) is 16.9 Å². The average molecular weight is 608 g/mol. The Morgan fingerprint density at radius 2 is 1.60 bits per heavy atom. The van der Waals surface area contributed by atoms with E-state index in [2.05, 4.69) is 0 Å². The average Bonchev–Trinajstić information content (AvgIpc) is 2.95. The number of rotatable bonds is 9. The summed E-state index contributed by atoms with van der Waals surface area (Å²) in [6.45, 7) is 3.18. The van der Waals surface area contributed by atoms with Crippen LogP contribution in [0.25, 0.3) is 11.1 Å². The lowest BCUT2D eigenvalue weighted by Crippen LogP contribution is -2.49. The Labute approximate surface area is 247 Å². The van der Waals surface area contributed by atoms with Crippen LogP contribution in [0.2, 0.25) is 0 Å². The molecule has 1 heterocycles. The first kappa shape index (κ1) is 32.4. The van der Waals surface area contributed by atoms with Crippen LogP contribution in [0.5, 0.6) is 5.75 Å². The van der Waals surface area contributed by atoms with E-state index in [-0.39, 0.29) is 43.7 Å². The van der Waals surface area contributed by atoms with E-state index >= 15 is 13.2 Å². The molecule has 0 aliphatic carbocycles. The smallest absolute Gasteiger partial charge is 0.417 e. The second-order valence-corrected chi connectivity index (χ2v) is 11.4. The van der Waals surface area contributed by atoms with Crippen molar-refractivity contribution in [1.82, 2.24) is 4.90 Å². The van der Waals surface area contributed by atoms with E-state index in [9.17, 15) is 23.1 Å². The number of aliphatic carboxylic acids is 1. The highest BCUT2D eigenvalue weighted by molar-refractivity contribution is 5.79. The maximum absolute atomic E-state index is 15.1. The minimum absolute atomic E-state index is 0.0470. The van der Waals surface area contributed by atoms with Gasteiger partial charge in [-0.2, -0.15) is 26.3 Å². The number of benzene rings is 3. The Kier molecular flexibility index (Phi) is 9.79. The standard InChI is InChI=1S/C33H35F6NO3/c1-20(2)16-26(31(41)42)25-17-23(22-8-5-4-6-9-22)18-27(30(25)33(37,38)39)28-10-7-11-29(32(34,35)36)40(28)19-21-12-14-24(43-3)15-13-21/h4-6,8-9,12-15,17-18,20,26,28-29H,7,10-11,16,19H2,1-3H3,(H,41,42). The lowest BCUT2D eigenvalue weighted by molar-refractivity contribution is -0.202. The van der Waals surface area contributed by atoms with Gasteiger partial charge in [-0.25, -0.2) is 0 Å². The summed E-state index contributed by atoms with van der Waals surface area (Å²) in [6.07, 6.45) is -9.92. The minimum Gasteiger partial charge on any atom is -0.497 e. The normalized spacial score (nSPS) is 18.9. The van der Waals surface area contributed by atoms with Gasteiger partial charge < -0.3 is 9.84 Å². The molecular formula is C33H35F6NO3. The highest BCUT2D eigenvalue weighted by atomic mass is 19.4. The fourth-order valence-corrected chi connectivity index (χ4v) is 6.08. The van der Waals surface area contributed by atoms with E-state index in [0.717, 1.165) is 4.90 Å². The summed E-state index contributed by atoms with van der Waals surface area (Å²) in [5.41, 5.74) is -0.569. The largest absolute Gasteiger partial charge is 0.497 e. The molecule has 0 amide bonds. The fraction of sp³-hybridized carbons (Fsp3) is 0.424. The second-order valence-electron chi connectivity index (χ2n) is 11.4. The van der Waals surface area contributed by atoms with Crippen molar-refractivity contribution in [2.75, 3.05) is 7.11 Å². The first-order valence-electron chi connectivity index (χ1n) is 14.2. The van der Waals surface area contributed by atoms with Gasteiger partial charge in [0.15, 0.2) is 0 Å². The van der Waals surface area contributed by atoms with Gasteiger partial charge in [0, 0.05) is 12.6 Å². The molecule has 0 spiro atoms. The molecule has 0 saturated carbocycles. The number of methoxy groups -OCH3 is 1. The van der Waals surface area contributed by atoms with Crippen LogP contribution < -0.4 is 4.74 Å². The number of carboxylic acids is 1. The SMILES string of the molecule is COc1ccc(CN2C(c3cc(-c4ccccc4)cc(C(CC(C)C)C(=O)O)c3C(F)(F)F)CCCC2C(F)(F)F)cc1. The predicted molar refractivity (Wildman–Crippen MR) is 152 cm³/mol. The highest BCUT2D eigenvalue weighted by Crippen LogP contribution is 2.49. The number of hydrogen-bond donors (Lipinski definition) is 1. The molecule has 10 heteroatoms. The summed E-state index contributed by atoms with van der Waals surface area (Å²) in [5.74, 6) is -2.67. The van der Waals surface area contributed by atoms with Gasteiger partial charge in [0.25, 0.3) is 0 Å². The van der Waals surface area contributed by atoms with E-state index in [4.69, 9.17) is 4.74 Å². The predicted octanol–water partition coefficient (Wildman–Crippen LogP) is 9.25. The number of carbonyl (C=O) groups is 1. The quantitative estimate of drug-likeness (QED) is 0.247. The van der Waals surface area contributed by atoms with Crippen LogP contribution >= 0.6 is 0 Å². The van der Waals surface area contributed by atoms with Crippen molar-refractivity contribution in [3.05, 3.63) is 89.0 Å². The van der Waals surface area contributed by atoms with Gasteiger partial charge in [-0.3, -0.25) is 9.69 Å². The molecule has 3 aromatic carbocycles. The van der Waals surface area contributed by atoms with Gasteiger partial charge in [0.1, 0.15) is 11.8 Å². The first-order valence-corrected chi connectivity index (χ1v) is 14.2. The van der Waals surface area contributed by atoms with Crippen LogP contribution in [0.1, 0.15) is 73.7 Å². The van der Waals surface area contributed by atoms with Gasteiger partial charge in [0.2, 0.25) is 0 Å². The van der Waals surface area contributed by atoms with E-state index in [1.54, 1.807) is 68.4 Å². The van der Waals surface area contributed by atoms with Gasteiger partial charge >= 0.3 is 18.3 Å². The molecule has 1 N–H and O–H groups in total. The maximum Gasteiger partial charge on any atom is 0.417 e. The Morgan fingerprint density at radius 3 is 2.14 bits per heavy atom. The number of hydrogen-bond acceptors (Lipinski definition) is 3. The summed E-state index contributed by atoms with van der Waals surface area (Å²) in [5, 5.41) is 10.1. The zero-order chi connectivity index (χ0) is 31.5. The lowest BCUT2D eigenvalue weighted by Gasteiger charge is -2.44. The summed E-state index contributed by atoms with van der Waals surface area (Å²) in [4.78, 5) is 13.6. The molecule has 1 saturated heterocycles. The van der Waals surface area contributed by atoms with E-state index in [0.29, 0.717) is 22.4 Å². The molecule has 43 heavy (non-hydrogen) atoms. The molecule has 3 aromatic rings. The Morgan fingerprint density at radius 1 is 0.953 bits per heavy atom. The second kappa shape index (κ2) is 13.0. The van der Waals surface area contributed by atoms with Crippen molar-refractivity contribution >= 4 is 5.97 Å². The third-order valence-electron chi connectivity index (χ3n) is 7.99. The number of piperidine rings is 1. The van der Waals surface area contributed by atoms with Gasteiger partial charge in [-0.15, -0.1) is 0 Å². The van der Waals surface area contributed by atoms with E-state index < -0.39 is 47.5 Å². The van der Waals surface area contributed by atoms with Crippen LogP contribution in [0, 0.1) is 5.92 Å². The highest BCUT2D eigenvalue weighted by Gasteiger charge is 2.50. The number of likely N-dealkylation sites (tertiary alicyclic amines) is 1. The Bertz CT molecular complexity index is 1390. The number of alkyl halides is 6. The molecule has 0 bridgehead atoms. The summed E-state index contributed by atoms with van der Waals surface area (Å²) in [6, 6.07) is 14.2. The Balaban J connectivity index is 2.00. The maximum atomic E-state index is 15.1. The number of ether oxygens (including phenoxy) is 1. The molecule has 3 unspecified atom stereocenters. The molecule has 0 radical (unpaired) electrons. The number of halogens is 6.